The molecule has 1 fully saturated rings. The van der Waals surface area contributed by atoms with Crippen LogP contribution in [0.5, 0.6) is 0 Å². The van der Waals surface area contributed by atoms with Crippen molar-refractivity contribution in [3.8, 4) is 0 Å². The van der Waals surface area contributed by atoms with Crippen molar-refractivity contribution in [3.63, 3.8) is 0 Å². The van der Waals surface area contributed by atoms with E-state index in [1.165, 1.54) is 29.2 Å². The molecule has 0 N–H and O–H groups in total. The lowest BCUT2D eigenvalue weighted by Crippen LogP contribution is -2.42. The van der Waals surface area contributed by atoms with Crippen LogP contribution in [0.25, 0.3) is 0 Å². The fourth-order valence-corrected chi connectivity index (χ4v) is 4.37. The number of amides is 1. The van der Waals surface area contributed by atoms with Crippen molar-refractivity contribution in [2.75, 3.05) is 13.2 Å². The minimum Gasteiger partial charge on any atom is -0.444 e. The summed E-state index contributed by atoms with van der Waals surface area (Å²) in [7, 11) is -3.98. The second kappa shape index (κ2) is 10.2. The first kappa shape index (κ1) is 25.1. The number of likely N-dealkylation sites (tertiary alicyclic amines) is 1. The van der Waals surface area contributed by atoms with E-state index >= 15 is 0 Å². The van der Waals surface area contributed by atoms with Gasteiger partial charge in [-0.05, 0) is 63.9 Å². The third-order valence-corrected chi connectivity index (χ3v) is 6.42. The van der Waals surface area contributed by atoms with Crippen LogP contribution in [0.2, 0.25) is 0 Å². The predicted molar refractivity (Wildman–Crippen MR) is 121 cm³/mol. The first-order valence-corrected chi connectivity index (χ1v) is 12.2. The van der Waals surface area contributed by atoms with E-state index < -0.39 is 27.9 Å². The summed E-state index contributed by atoms with van der Waals surface area (Å²) in [4.78, 5) is 14.3. The molecule has 1 saturated heterocycles. The number of benzene rings is 2. The van der Waals surface area contributed by atoms with Crippen LogP contribution in [0.15, 0.2) is 53.4 Å². The fourth-order valence-electron chi connectivity index (χ4n) is 3.43. The van der Waals surface area contributed by atoms with E-state index in [0.29, 0.717) is 6.42 Å². The van der Waals surface area contributed by atoms with Gasteiger partial charge in [0.1, 0.15) is 11.4 Å². The van der Waals surface area contributed by atoms with Gasteiger partial charge in [0.25, 0.3) is 10.1 Å². The Labute approximate surface area is 194 Å². The lowest BCUT2D eigenvalue weighted by atomic mass is 10.2. The Kier molecular flexibility index (Phi) is 7.76. The van der Waals surface area contributed by atoms with Crippen molar-refractivity contribution in [2.45, 2.75) is 63.4 Å². The molecule has 9 heteroatoms. The van der Waals surface area contributed by atoms with Crippen LogP contribution in [0.1, 0.15) is 38.3 Å². The number of aryl methyl sites for hydroxylation is 1. The molecular weight excluding hydrogens is 449 g/mol. The maximum Gasteiger partial charge on any atom is 0.410 e. The van der Waals surface area contributed by atoms with Crippen LogP contribution < -0.4 is 0 Å². The number of hydrogen-bond donors (Lipinski definition) is 0. The molecule has 0 aromatic heterocycles. The molecule has 1 aliphatic rings. The van der Waals surface area contributed by atoms with E-state index in [0.717, 1.165) is 11.1 Å². The molecule has 0 spiro atoms. The lowest BCUT2D eigenvalue weighted by molar-refractivity contribution is 0.0128. The van der Waals surface area contributed by atoms with E-state index in [2.05, 4.69) is 0 Å². The molecule has 2 aromatic carbocycles. The molecule has 2 unspecified atom stereocenters. The molecule has 3 rings (SSSR count). The standard InChI is InChI=1S/C24H30FNO6S/c1-17-5-11-22(12-6-17)33(28,29)31-16-20-13-21(14-26(20)23(27)32-24(2,3)4)30-15-18-7-9-19(25)10-8-18/h5-12,20-21H,13-16H2,1-4H3. The van der Waals surface area contributed by atoms with Gasteiger partial charge < -0.3 is 14.4 Å². The third-order valence-electron chi connectivity index (χ3n) is 5.13. The van der Waals surface area contributed by atoms with E-state index in [1.54, 1.807) is 45.0 Å². The number of nitrogens with zero attached hydrogens (tertiary/aromatic N) is 1. The first-order valence-electron chi connectivity index (χ1n) is 10.7. The summed E-state index contributed by atoms with van der Waals surface area (Å²) < 4.78 is 55.0. The number of rotatable bonds is 7. The van der Waals surface area contributed by atoms with Crippen molar-refractivity contribution in [2.24, 2.45) is 0 Å². The first-order chi connectivity index (χ1) is 15.4. The van der Waals surface area contributed by atoms with Crippen molar-refractivity contribution in [1.29, 1.82) is 0 Å². The SMILES string of the molecule is Cc1ccc(S(=O)(=O)OCC2CC(OCc3ccc(F)cc3)CN2C(=O)OC(C)(C)C)cc1. The second-order valence-electron chi connectivity index (χ2n) is 9.13. The van der Waals surface area contributed by atoms with E-state index in [1.807, 2.05) is 6.92 Å². The predicted octanol–water partition coefficient (Wildman–Crippen LogP) is 4.43. The average molecular weight is 480 g/mol. The quantitative estimate of drug-likeness (QED) is 0.547. The Balaban J connectivity index is 1.68. The van der Waals surface area contributed by atoms with Gasteiger partial charge in [-0.15, -0.1) is 0 Å². The summed E-state index contributed by atoms with van der Waals surface area (Å²) in [5, 5.41) is 0. The molecule has 1 amide bonds. The number of hydrogen-bond acceptors (Lipinski definition) is 6. The summed E-state index contributed by atoms with van der Waals surface area (Å²) in [6.07, 6.45) is -0.529. The highest BCUT2D eigenvalue weighted by Crippen LogP contribution is 2.26. The van der Waals surface area contributed by atoms with Gasteiger partial charge in [-0.3, -0.25) is 4.18 Å². The van der Waals surface area contributed by atoms with Crippen LogP contribution in [0.4, 0.5) is 9.18 Å². The molecule has 180 valence electrons. The van der Waals surface area contributed by atoms with Crippen molar-refractivity contribution < 1.29 is 31.3 Å². The molecule has 0 bridgehead atoms. The highest BCUT2D eigenvalue weighted by molar-refractivity contribution is 7.86. The largest absolute Gasteiger partial charge is 0.444 e. The Morgan fingerprint density at radius 2 is 1.73 bits per heavy atom. The molecule has 0 radical (unpaired) electrons. The molecule has 33 heavy (non-hydrogen) atoms. The molecule has 1 aliphatic heterocycles. The van der Waals surface area contributed by atoms with E-state index in [9.17, 15) is 17.6 Å². The Morgan fingerprint density at radius 1 is 1.09 bits per heavy atom. The summed E-state index contributed by atoms with van der Waals surface area (Å²) in [5.41, 5.74) is 1.02. The average Bonchev–Trinajstić information content (AvgIpc) is 3.15. The molecule has 2 aromatic rings. The zero-order chi connectivity index (χ0) is 24.2. The molecule has 1 heterocycles. The number of carbonyl (C=O) groups is 1. The van der Waals surface area contributed by atoms with Gasteiger partial charge in [-0.25, -0.2) is 9.18 Å². The van der Waals surface area contributed by atoms with Gasteiger partial charge in [0, 0.05) is 0 Å². The fraction of sp³-hybridized carbons (Fsp3) is 0.458. The lowest BCUT2D eigenvalue weighted by Gasteiger charge is -2.28. The van der Waals surface area contributed by atoms with Gasteiger partial charge >= 0.3 is 6.09 Å². The van der Waals surface area contributed by atoms with Crippen LogP contribution in [-0.2, 0) is 30.4 Å². The summed E-state index contributed by atoms with van der Waals surface area (Å²) in [5.74, 6) is -0.331. The van der Waals surface area contributed by atoms with E-state index in [-0.39, 0.29) is 36.6 Å². The van der Waals surface area contributed by atoms with Gasteiger partial charge in [0.05, 0.1) is 36.8 Å². The van der Waals surface area contributed by atoms with Crippen molar-refractivity contribution in [1.82, 2.24) is 4.90 Å². The minimum absolute atomic E-state index is 0.0547. The van der Waals surface area contributed by atoms with Crippen LogP contribution in [-0.4, -0.2) is 50.3 Å². The zero-order valence-electron chi connectivity index (χ0n) is 19.3. The number of carbonyl (C=O) groups excluding carboxylic acids is 1. The molecule has 2 atom stereocenters. The monoisotopic (exact) mass is 479 g/mol. The van der Waals surface area contributed by atoms with Crippen LogP contribution in [0.3, 0.4) is 0 Å². The molecular formula is C24H30FNO6S. The smallest absolute Gasteiger partial charge is 0.410 e. The summed E-state index contributed by atoms with van der Waals surface area (Å²) >= 11 is 0. The molecule has 7 nitrogen and oxygen atoms in total. The van der Waals surface area contributed by atoms with Crippen molar-refractivity contribution >= 4 is 16.2 Å². The topological polar surface area (TPSA) is 82.1 Å². The number of halogens is 1. The van der Waals surface area contributed by atoms with Gasteiger partial charge in [-0.1, -0.05) is 29.8 Å². The van der Waals surface area contributed by atoms with Gasteiger partial charge in [0.15, 0.2) is 0 Å². The second-order valence-corrected chi connectivity index (χ2v) is 10.7. The Morgan fingerprint density at radius 3 is 2.33 bits per heavy atom. The maximum absolute atomic E-state index is 13.1. The highest BCUT2D eigenvalue weighted by Gasteiger charge is 2.39. The normalized spacial score (nSPS) is 19.0. The van der Waals surface area contributed by atoms with Crippen LogP contribution >= 0.6 is 0 Å². The Hall–Kier alpha value is -2.49. The van der Waals surface area contributed by atoms with Crippen molar-refractivity contribution in [3.05, 3.63) is 65.5 Å². The minimum atomic E-state index is -3.98. The molecule has 0 aliphatic carbocycles. The zero-order valence-corrected chi connectivity index (χ0v) is 20.1. The maximum atomic E-state index is 13.1. The highest BCUT2D eigenvalue weighted by atomic mass is 32.2. The van der Waals surface area contributed by atoms with Crippen LogP contribution in [0, 0.1) is 12.7 Å². The third kappa shape index (κ3) is 7.25. The van der Waals surface area contributed by atoms with Gasteiger partial charge in [-0.2, -0.15) is 8.42 Å². The van der Waals surface area contributed by atoms with Gasteiger partial charge in [0.2, 0.25) is 0 Å². The number of ether oxygens (including phenoxy) is 2. The molecule has 0 saturated carbocycles. The summed E-state index contributed by atoms with van der Waals surface area (Å²) in [6.45, 7) is 7.40. The van der Waals surface area contributed by atoms with E-state index in [4.69, 9.17) is 13.7 Å². The Bertz CT molecular complexity index is 1050. The summed E-state index contributed by atoms with van der Waals surface area (Å²) in [6, 6.07) is 11.8.